The SMILES string of the molecule is Cc1cnc(Cl)c(SC(F)(F)F)c1. The van der Waals surface area contributed by atoms with E-state index in [1.807, 2.05) is 0 Å². The van der Waals surface area contributed by atoms with Gasteiger partial charge in [-0.3, -0.25) is 0 Å². The lowest BCUT2D eigenvalue weighted by Gasteiger charge is -2.06. The molecule has 1 rings (SSSR count). The van der Waals surface area contributed by atoms with E-state index in [0.29, 0.717) is 5.56 Å². The minimum atomic E-state index is -4.32. The zero-order valence-electron chi connectivity index (χ0n) is 6.52. The van der Waals surface area contributed by atoms with Gasteiger partial charge < -0.3 is 0 Å². The summed E-state index contributed by atoms with van der Waals surface area (Å²) in [4.78, 5) is 3.55. The molecule has 0 aromatic carbocycles. The highest BCUT2D eigenvalue weighted by atomic mass is 35.5. The molecule has 0 spiro atoms. The summed E-state index contributed by atoms with van der Waals surface area (Å²) in [5.41, 5.74) is -3.67. The molecule has 0 fully saturated rings. The summed E-state index contributed by atoms with van der Waals surface area (Å²) >= 11 is 5.22. The van der Waals surface area contributed by atoms with Gasteiger partial charge in [0.05, 0.1) is 4.90 Å². The molecule has 1 nitrogen and oxygen atoms in total. The third-order valence-electron chi connectivity index (χ3n) is 1.17. The van der Waals surface area contributed by atoms with E-state index in [4.69, 9.17) is 11.6 Å². The third-order valence-corrected chi connectivity index (χ3v) is 2.35. The Balaban J connectivity index is 2.94. The number of halogens is 4. The number of hydrogen-bond donors (Lipinski definition) is 0. The van der Waals surface area contributed by atoms with Gasteiger partial charge in [-0.2, -0.15) is 13.2 Å². The maximum absolute atomic E-state index is 11.9. The summed E-state index contributed by atoms with van der Waals surface area (Å²) in [6.07, 6.45) is 1.42. The molecule has 0 saturated heterocycles. The van der Waals surface area contributed by atoms with Crippen LogP contribution in [0.4, 0.5) is 13.2 Å². The highest BCUT2D eigenvalue weighted by molar-refractivity contribution is 8.00. The maximum Gasteiger partial charge on any atom is 0.446 e. The maximum atomic E-state index is 11.9. The van der Waals surface area contributed by atoms with E-state index in [2.05, 4.69) is 4.98 Å². The van der Waals surface area contributed by atoms with Crippen molar-refractivity contribution in [2.45, 2.75) is 17.3 Å². The van der Waals surface area contributed by atoms with Crippen molar-refractivity contribution in [1.82, 2.24) is 4.98 Å². The highest BCUT2D eigenvalue weighted by Gasteiger charge is 2.30. The van der Waals surface area contributed by atoms with E-state index in [1.165, 1.54) is 12.3 Å². The normalized spacial score (nSPS) is 11.8. The quantitative estimate of drug-likeness (QED) is 0.537. The van der Waals surface area contributed by atoms with Crippen molar-refractivity contribution in [1.29, 1.82) is 0 Å². The minimum Gasteiger partial charge on any atom is -0.243 e. The van der Waals surface area contributed by atoms with E-state index in [0.717, 1.165) is 0 Å². The molecule has 1 aromatic rings. The van der Waals surface area contributed by atoms with Gasteiger partial charge in [-0.05, 0) is 30.3 Å². The van der Waals surface area contributed by atoms with Gasteiger partial charge >= 0.3 is 5.51 Å². The van der Waals surface area contributed by atoms with Crippen LogP contribution in [0.25, 0.3) is 0 Å². The van der Waals surface area contributed by atoms with Crippen LogP contribution in [0.15, 0.2) is 17.2 Å². The van der Waals surface area contributed by atoms with Gasteiger partial charge in [0, 0.05) is 6.20 Å². The largest absolute Gasteiger partial charge is 0.446 e. The molecule has 0 amide bonds. The smallest absolute Gasteiger partial charge is 0.243 e. The molecule has 0 aliphatic rings. The Hall–Kier alpha value is -0.420. The van der Waals surface area contributed by atoms with E-state index >= 15 is 0 Å². The van der Waals surface area contributed by atoms with Crippen molar-refractivity contribution in [2.24, 2.45) is 0 Å². The molecule has 1 aromatic heterocycles. The Morgan fingerprint density at radius 2 is 2.08 bits per heavy atom. The Bertz CT molecular complexity index is 313. The van der Waals surface area contributed by atoms with Gasteiger partial charge in [0.1, 0.15) is 5.15 Å². The molecule has 0 bridgehead atoms. The van der Waals surface area contributed by atoms with Crippen molar-refractivity contribution in [3.05, 3.63) is 23.0 Å². The molecule has 0 N–H and O–H groups in total. The standard InChI is InChI=1S/C7H5ClF3NS/c1-4-2-5(6(8)12-3-4)13-7(9,10)11/h2-3H,1H3. The Labute approximate surface area is 82.3 Å². The van der Waals surface area contributed by atoms with Gasteiger partial charge in [0.15, 0.2) is 0 Å². The predicted octanol–water partition coefficient (Wildman–Crippen LogP) is 3.66. The summed E-state index contributed by atoms with van der Waals surface area (Å²) in [7, 11) is 0. The van der Waals surface area contributed by atoms with E-state index in [1.54, 1.807) is 6.92 Å². The topological polar surface area (TPSA) is 12.9 Å². The van der Waals surface area contributed by atoms with E-state index < -0.39 is 5.51 Å². The second-order valence-electron chi connectivity index (χ2n) is 2.35. The first-order valence-corrected chi connectivity index (χ1v) is 4.46. The molecule has 0 radical (unpaired) electrons. The summed E-state index contributed by atoms with van der Waals surface area (Å²) in [5.74, 6) is 0. The lowest BCUT2D eigenvalue weighted by Crippen LogP contribution is -2.00. The lowest BCUT2D eigenvalue weighted by atomic mass is 10.3. The average molecular weight is 228 g/mol. The van der Waals surface area contributed by atoms with Gasteiger partial charge in [-0.15, -0.1) is 0 Å². The molecule has 0 unspecified atom stereocenters. The van der Waals surface area contributed by atoms with Crippen molar-refractivity contribution >= 4 is 23.4 Å². The van der Waals surface area contributed by atoms with Crippen LogP contribution in [0, 0.1) is 6.92 Å². The van der Waals surface area contributed by atoms with Crippen LogP contribution in [-0.4, -0.2) is 10.5 Å². The molecule has 1 heterocycles. The molecular weight excluding hydrogens is 223 g/mol. The Kier molecular flexibility index (Phi) is 3.08. The monoisotopic (exact) mass is 227 g/mol. The van der Waals surface area contributed by atoms with Crippen LogP contribution >= 0.6 is 23.4 Å². The molecule has 0 aliphatic carbocycles. The average Bonchev–Trinajstić information content (AvgIpc) is 1.94. The van der Waals surface area contributed by atoms with Crippen LogP contribution in [-0.2, 0) is 0 Å². The summed E-state index contributed by atoms with van der Waals surface area (Å²) in [6.45, 7) is 1.66. The van der Waals surface area contributed by atoms with Gasteiger partial charge in [0.25, 0.3) is 0 Å². The van der Waals surface area contributed by atoms with Gasteiger partial charge in [-0.25, -0.2) is 4.98 Å². The zero-order chi connectivity index (χ0) is 10.1. The Morgan fingerprint density at radius 1 is 1.46 bits per heavy atom. The number of thioether (sulfide) groups is 1. The second kappa shape index (κ2) is 3.75. The molecule has 0 aliphatic heterocycles. The third kappa shape index (κ3) is 3.44. The van der Waals surface area contributed by atoms with Crippen LogP contribution in [0.1, 0.15) is 5.56 Å². The van der Waals surface area contributed by atoms with Crippen molar-refractivity contribution in [2.75, 3.05) is 0 Å². The Morgan fingerprint density at radius 3 is 2.62 bits per heavy atom. The predicted molar refractivity (Wildman–Crippen MR) is 45.9 cm³/mol. The summed E-state index contributed by atoms with van der Waals surface area (Å²) in [6, 6.07) is 1.35. The fourth-order valence-corrected chi connectivity index (χ4v) is 1.57. The first-order chi connectivity index (χ1) is 5.88. The second-order valence-corrected chi connectivity index (χ2v) is 3.81. The van der Waals surface area contributed by atoms with Gasteiger partial charge in [-0.1, -0.05) is 11.6 Å². The first kappa shape index (κ1) is 10.7. The van der Waals surface area contributed by atoms with E-state index in [-0.39, 0.29) is 21.8 Å². The number of hydrogen-bond acceptors (Lipinski definition) is 2. The number of alkyl halides is 3. The van der Waals surface area contributed by atoms with Crippen LogP contribution in [0.3, 0.4) is 0 Å². The number of aromatic nitrogens is 1. The van der Waals surface area contributed by atoms with Crippen LogP contribution in [0.5, 0.6) is 0 Å². The lowest BCUT2D eigenvalue weighted by molar-refractivity contribution is -0.0328. The number of nitrogens with zero attached hydrogens (tertiary/aromatic N) is 1. The van der Waals surface area contributed by atoms with E-state index in [9.17, 15) is 13.2 Å². The fraction of sp³-hybridized carbons (Fsp3) is 0.286. The summed E-state index contributed by atoms with van der Waals surface area (Å²) < 4.78 is 35.8. The molecule has 72 valence electrons. The van der Waals surface area contributed by atoms with Crippen LogP contribution < -0.4 is 0 Å². The first-order valence-electron chi connectivity index (χ1n) is 3.26. The van der Waals surface area contributed by atoms with Crippen molar-refractivity contribution < 1.29 is 13.2 Å². The zero-order valence-corrected chi connectivity index (χ0v) is 8.09. The highest BCUT2D eigenvalue weighted by Crippen LogP contribution is 2.39. The minimum absolute atomic E-state index is 0.0610. The number of aryl methyl sites for hydroxylation is 1. The van der Waals surface area contributed by atoms with Crippen molar-refractivity contribution in [3.63, 3.8) is 0 Å². The number of pyridine rings is 1. The van der Waals surface area contributed by atoms with Crippen LogP contribution in [0.2, 0.25) is 5.15 Å². The summed E-state index contributed by atoms with van der Waals surface area (Å²) in [5, 5.41) is -0.118. The van der Waals surface area contributed by atoms with Gasteiger partial charge in [0.2, 0.25) is 0 Å². The van der Waals surface area contributed by atoms with Crippen molar-refractivity contribution in [3.8, 4) is 0 Å². The molecule has 0 atom stereocenters. The number of rotatable bonds is 1. The molecular formula is C7H5ClF3NS. The molecule has 0 saturated carbocycles. The molecule has 6 heteroatoms. The fourth-order valence-electron chi connectivity index (χ4n) is 0.722. The molecule has 13 heavy (non-hydrogen) atoms.